The van der Waals surface area contributed by atoms with E-state index in [9.17, 15) is 0 Å². The fourth-order valence-corrected chi connectivity index (χ4v) is 0.726. The minimum absolute atomic E-state index is 1.10. The molecular weight excluding hydrogens is 146 g/mol. The van der Waals surface area contributed by atoms with Gasteiger partial charge in [0.25, 0.3) is 0 Å². The van der Waals surface area contributed by atoms with Crippen LogP contribution >= 0.6 is 0 Å². The number of nitrogens with two attached hydrogens (primary N) is 1. The first kappa shape index (κ1) is 10.5. The van der Waals surface area contributed by atoms with E-state index in [-0.39, 0.29) is 0 Å². The minimum atomic E-state index is 1.10. The van der Waals surface area contributed by atoms with E-state index >= 15 is 0 Å². The second-order valence-corrected chi connectivity index (χ2v) is 2.15. The van der Waals surface area contributed by atoms with E-state index < -0.39 is 0 Å². The Bertz CT molecular complexity index is 229. The van der Waals surface area contributed by atoms with Crippen LogP contribution in [0.2, 0.25) is 0 Å². The smallest absolute Gasteiger partial charge is 0.00624 e. The Morgan fingerprint density at radius 2 is 2.00 bits per heavy atom. The summed E-state index contributed by atoms with van der Waals surface area (Å²) in [6.07, 6.45) is 14.8. The molecule has 0 aromatic heterocycles. The standard InChI is InChI=1S/C11H15N/c1-3-7-11(8-4-2)9-5-6-10-12/h3-10H,1,12H2,2H3/b8-4-,9-5-,10-6-,11-7+. The Labute approximate surface area is 74.3 Å². The van der Waals surface area contributed by atoms with E-state index in [4.69, 9.17) is 5.73 Å². The molecule has 12 heavy (non-hydrogen) atoms. The molecule has 0 saturated heterocycles. The van der Waals surface area contributed by atoms with Crippen molar-refractivity contribution in [3.63, 3.8) is 0 Å². The van der Waals surface area contributed by atoms with Gasteiger partial charge in [0, 0.05) is 0 Å². The van der Waals surface area contributed by atoms with E-state index in [0.29, 0.717) is 0 Å². The molecule has 0 atom stereocenters. The Hall–Kier alpha value is -1.50. The van der Waals surface area contributed by atoms with Gasteiger partial charge in [0.2, 0.25) is 0 Å². The van der Waals surface area contributed by atoms with Gasteiger partial charge in [-0.2, -0.15) is 0 Å². The van der Waals surface area contributed by atoms with Gasteiger partial charge in [-0.25, -0.2) is 0 Å². The van der Waals surface area contributed by atoms with Crippen LogP contribution in [-0.2, 0) is 0 Å². The maximum absolute atomic E-state index is 5.17. The molecule has 0 amide bonds. The van der Waals surface area contributed by atoms with Crippen molar-refractivity contribution in [2.75, 3.05) is 0 Å². The summed E-state index contributed by atoms with van der Waals surface area (Å²) in [5.41, 5.74) is 6.28. The molecule has 0 spiro atoms. The topological polar surface area (TPSA) is 26.0 Å². The third-order valence-corrected chi connectivity index (χ3v) is 1.18. The van der Waals surface area contributed by atoms with Crippen LogP contribution in [-0.4, -0.2) is 0 Å². The van der Waals surface area contributed by atoms with E-state index in [1.54, 1.807) is 12.2 Å². The Morgan fingerprint density at radius 1 is 1.25 bits per heavy atom. The lowest BCUT2D eigenvalue weighted by Crippen LogP contribution is -1.73. The third-order valence-electron chi connectivity index (χ3n) is 1.18. The van der Waals surface area contributed by atoms with Gasteiger partial charge in [-0.05, 0) is 24.8 Å². The van der Waals surface area contributed by atoms with Crippen LogP contribution in [0.4, 0.5) is 0 Å². The zero-order valence-corrected chi connectivity index (χ0v) is 7.40. The van der Waals surface area contributed by atoms with Crippen LogP contribution in [0.5, 0.6) is 0 Å². The molecule has 0 aromatic rings. The van der Waals surface area contributed by atoms with Crippen molar-refractivity contribution in [1.29, 1.82) is 0 Å². The van der Waals surface area contributed by atoms with Crippen molar-refractivity contribution in [1.82, 2.24) is 0 Å². The molecule has 0 fully saturated rings. The molecule has 2 N–H and O–H groups in total. The summed E-state index contributed by atoms with van der Waals surface area (Å²) in [6.45, 7) is 5.60. The second kappa shape index (κ2) is 7.61. The van der Waals surface area contributed by atoms with Crippen molar-refractivity contribution >= 4 is 0 Å². The van der Waals surface area contributed by atoms with Gasteiger partial charge < -0.3 is 5.73 Å². The van der Waals surface area contributed by atoms with Crippen LogP contribution < -0.4 is 5.73 Å². The van der Waals surface area contributed by atoms with Crippen LogP contribution in [0, 0.1) is 0 Å². The Kier molecular flexibility index (Phi) is 6.65. The summed E-state index contributed by atoms with van der Waals surface area (Å²) in [5, 5.41) is 0. The Balaban J connectivity index is 4.32. The van der Waals surface area contributed by atoms with Gasteiger partial charge in [-0.15, -0.1) is 0 Å². The molecule has 1 nitrogen and oxygen atoms in total. The molecule has 0 rings (SSSR count). The highest BCUT2D eigenvalue weighted by Crippen LogP contribution is 1.99. The summed E-state index contributed by atoms with van der Waals surface area (Å²) in [5.74, 6) is 0. The van der Waals surface area contributed by atoms with Gasteiger partial charge in [-0.3, -0.25) is 0 Å². The molecule has 1 heteroatoms. The molecule has 0 aliphatic rings. The van der Waals surface area contributed by atoms with E-state index in [1.807, 2.05) is 37.3 Å². The van der Waals surface area contributed by atoms with Gasteiger partial charge in [0.05, 0.1) is 0 Å². The van der Waals surface area contributed by atoms with Crippen LogP contribution in [0.25, 0.3) is 0 Å². The first-order valence-corrected chi connectivity index (χ1v) is 3.85. The minimum Gasteiger partial charge on any atom is -0.405 e. The number of rotatable bonds is 4. The first-order chi connectivity index (χ1) is 5.85. The van der Waals surface area contributed by atoms with E-state index in [0.717, 1.165) is 5.57 Å². The van der Waals surface area contributed by atoms with Gasteiger partial charge >= 0.3 is 0 Å². The second-order valence-electron chi connectivity index (χ2n) is 2.15. The first-order valence-electron chi connectivity index (χ1n) is 3.85. The van der Waals surface area contributed by atoms with Crippen molar-refractivity contribution in [2.45, 2.75) is 6.92 Å². The summed E-state index contributed by atoms with van der Waals surface area (Å²) in [6, 6.07) is 0. The van der Waals surface area contributed by atoms with Crippen molar-refractivity contribution in [3.8, 4) is 0 Å². The zero-order chi connectivity index (χ0) is 9.23. The summed E-state index contributed by atoms with van der Waals surface area (Å²) >= 11 is 0. The van der Waals surface area contributed by atoms with E-state index in [2.05, 4.69) is 6.58 Å². The third kappa shape index (κ3) is 5.30. The molecular formula is C11H15N. The monoisotopic (exact) mass is 161 g/mol. The van der Waals surface area contributed by atoms with Crippen LogP contribution in [0.15, 0.2) is 60.9 Å². The van der Waals surface area contributed by atoms with Crippen molar-refractivity contribution in [3.05, 3.63) is 60.9 Å². The summed E-state index contributed by atoms with van der Waals surface area (Å²) in [4.78, 5) is 0. The normalized spacial score (nSPS) is 13.6. The molecule has 0 aliphatic heterocycles. The highest BCUT2D eigenvalue weighted by molar-refractivity contribution is 5.34. The maximum Gasteiger partial charge on any atom is -0.00624 e. The lowest BCUT2D eigenvalue weighted by molar-refractivity contribution is 1.58. The van der Waals surface area contributed by atoms with E-state index in [1.165, 1.54) is 6.20 Å². The molecule has 0 bridgehead atoms. The van der Waals surface area contributed by atoms with Gasteiger partial charge in [0.1, 0.15) is 0 Å². The molecule has 0 aliphatic carbocycles. The molecule has 0 aromatic carbocycles. The van der Waals surface area contributed by atoms with Crippen molar-refractivity contribution < 1.29 is 0 Å². The number of allylic oxidation sites excluding steroid dienone is 8. The van der Waals surface area contributed by atoms with Gasteiger partial charge in [0.15, 0.2) is 0 Å². The fourth-order valence-electron chi connectivity index (χ4n) is 0.726. The van der Waals surface area contributed by atoms with Crippen molar-refractivity contribution in [2.24, 2.45) is 5.73 Å². The zero-order valence-electron chi connectivity index (χ0n) is 7.40. The summed E-state index contributed by atoms with van der Waals surface area (Å²) in [7, 11) is 0. The number of hydrogen-bond acceptors (Lipinski definition) is 1. The predicted molar refractivity (Wildman–Crippen MR) is 55.6 cm³/mol. The largest absolute Gasteiger partial charge is 0.405 e. The highest BCUT2D eigenvalue weighted by Gasteiger charge is 1.79. The lowest BCUT2D eigenvalue weighted by atomic mass is 10.2. The number of hydrogen-bond donors (Lipinski definition) is 1. The van der Waals surface area contributed by atoms with Crippen LogP contribution in [0.3, 0.4) is 0 Å². The maximum atomic E-state index is 5.17. The Morgan fingerprint density at radius 3 is 2.50 bits per heavy atom. The predicted octanol–water partition coefficient (Wildman–Crippen LogP) is 2.70. The molecule has 0 radical (unpaired) electrons. The molecule has 0 heterocycles. The molecule has 64 valence electrons. The average Bonchev–Trinajstić information content (AvgIpc) is 2.06. The summed E-state index contributed by atoms with van der Waals surface area (Å²) < 4.78 is 0. The average molecular weight is 161 g/mol. The molecule has 0 unspecified atom stereocenters. The fraction of sp³-hybridized carbons (Fsp3) is 0.0909. The lowest BCUT2D eigenvalue weighted by Gasteiger charge is -1.88. The quantitative estimate of drug-likeness (QED) is 0.630. The van der Waals surface area contributed by atoms with Crippen LogP contribution in [0.1, 0.15) is 6.92 Å². The SMILES string of the molecule is C=C/C=C(\C=C/C)/C=C\C=C/N. The highest BCUT2D eigenvalue weighted by atomic mass is 14.5. The van der Waals surface area contributed by atoms with Gasteiger partial charge in [-0.1, -0.05) is 43.0 Å². The molecule has 0 saturated carbocycles.